The van der Waals surface area contributed by atoms with E-state index in [1.54, 1.807) is 30.3 Å². The number of hydrogen-bond donors (Lipinski definition) is 0. The Morgan fingerprint density at radius 3 is 2.57 bits per heavy atom. The van der Waals surface area contributed by atoms with Gasteiger partial charge in [-0.2, -0.15) is 0 Å². The minimum Gasteiger partial charge on any atom is -0.462 e. The second kappa shape index (κ2) is 6.21. The first-order valence-electron chi connectivity index (χ1n) is 6.29. The highest BCUT2D eigenvalue weighted by molar-refractivity contribution is 5.93. The number of benzene rings is 1. The Balaban J connectivity index is 2.06. The summed E-state index contributed by atoms with van der Waals surface area (Å²) >= 11 is 0. The van der Waals surface area contributed by atoms with Gasteiger partial charge in [-0.25, -0.2) is 9.59 Å². The van der Waals surface area contributed by atoms with Crippen molar-refractivity contribution in [2.75, 3.05) is 6.61 Å². The van der Waals surface area contributed by atoms with Crippen molar-refractivity contribution in [1.82, 2.24) is 0 Å². The molecule has 1 saturated heterocycles. The van der Waals surface area contributed by atoms with E-state index in [0.717, 1.165) is 0 Å². The minimum atomic E-state index is -1.30. The van der Waals surface area contributed by atoms with Gasteiger partial charge in [-0.1, -0.05) is 24.8 Å². The highest BCUT2D eigenvalue weighted by atomic mass is 16.6. The van der Waals surface area contributed by atoms with Crippen molar-refractivity contribution in [3.8, 4) is 5.75 Å². The summed E-state index contributed by atoms with van der Waals surface area (Å²) in [5, 5.41) is 0. The highest BCUT2D eigenvalue weighted by Gasteiger charge is 2.45. The van der Waals surface area contributed by atoms with Gasteiger partial charge in [0.1, 0.15) is 18.3 Å². The largest absolute Gasteiger partial charge is 0.462 e. The van der Waals surface area contributed by atoms with Gasteiger partial charge in [0.2, 0.25) is 6.10 Å². The van der Waals surface area contributed by atoms with E-state index in [1.807, 2.05) is 0 Å². The molecule has 110 valence electrons. The van der Waals surface area contributed by atoms with Crippen LogP contribution in [0.1, 0.15) is 6.92 Å². The zero-order valence-electron chi connectivity index (χ0n) is 11.4. The average Bonchev–Trinajstić information content (AvgIpc) is 2.81. The standard InChI is InChI=1S/C15H14O6/c1-9(2)13(16)21-12-11(8-19-15(12)18)14(17)20-10-6-4-3-5-7-10/h3-7,11-12H,1,8H2,2H3. The van der Waals surface area contributed by atoms with Gasteiger partial charge in [0.15, 0.2) is 0 Å². The molecule has 0 aromatic heterocycles. The summed E-state index contributed by atoms with van der Waals surface area (Å²) in [6, 6.07) is 8.39. The molecule has 1 aromatic rings. The molecule has 1 aliphatic heterocycles. The highest BCUT2D eigenvalue weighted by Crippen LogP contribution is 2.22. The number of rotatable bonds is 4. The number of ether oxygens (including phenoxy) is 3. The van der Waals surface area contributed by atoms with Gasteiger partial charge in [-0.05, 0) is 19.1 Å². The Morgan fingerprint density at radius 2 is 1.95 bits per heavy atom. The monoisotopic (exact) mass is 290 g/mol. The lowest BCUT2D eigenvalue weighted by Crippen LogP contribution is -2.36. The molecule has 1 aromatic carbocycles. The number of cyclic esters (lactones) is 1. The quantitative estimate of drug-likeness (QED) is 0.472. The summed E-state index contributed by atoms with van der Waals surface area (Å²) in [6.07, 6.45) is -1.30. The van der Waals surface area contributed by atoms with E-state index in [0.29, 0.717) is 5.75 Å². The molecule has 21 heavy (non-hydrogen) atoms. The molecule has 0 bridgehead atoms. The van der Waals surface area contributed by atoms with Crippen molar-refractivity contribution in [3.05, 3.63) is 42.5 Å². The van der Waals surface area contributed by atoms with Crippen LogP contribution in [0.4, 0.5) is 0 Å². The molecule has 0 radical (unpaired) electrons. The van der Waals surface area contributed by atoms with Crippen LogP contribution in [0.5, 0.6) is 5.75 Å². The molecule has 2 unspecified atom stereocenters. The predicted molar refractivity (Wildman–Crippen MR) is 71.2 cm³/mol. The lowest BCUT2D eigenvalue weighted by atomic mass is 10.1. The summed E-state index contributed by atoms with van der Waals surface area (Å²) in [4.78, 5) is 35.1. The average molecular weight is 290 g/mol. The van der Waals surface area contributed by atoms with Crippen LogP contribution in [0.15, 0.2) is 42.5 Å². The first-order valence-corrected chi connectivity index (χ1v) is 6.29. The zero-order valence-corrected chi connectivity index (χ0v) is 11.4. The minimum absolute atomic E-state index is 0.130. The molecule has 1 heterocycles. The summed E-state index contributed by atoms with van der Waals surface area (Å²) in [6.45, 7) is 4.68. The maximum Gasteiger partial charge on any atom is 0.348 e. The predicted octanol–water partition coefficient (Wildman–Crippen LogP) is 1.25. The van der Waals surface area contributed by atoms with E-state index < -0.39 is 29.9 Å². The van der Waals surface area contributed by atoms with E-state index in [2.05, 4.69) is 6.58 Å². The Hall–Kier alpha value is -2.63. The Bertz CT molecular complexity index is 577. The van der Waals surface area contributed by atoms with Crippen molar-refractivity contribution >= 4 is 17.9 Å². The van der Waals surface area contributed by atoms with E-state index in [9.17, 15) is 14.4 Å². The second-order valence-electron chi connectivity index (χ2n) is 4.58. The van der Waals surface area contributed by atoms with Gasteiger partial charge in [0.05, 0.1) is 0 Å². The molecular formula is C15H14O6. The van der Waals surface area contributed by atoms with Crippen molar-refractivity contribution in [3.63, 3.8) is 0 Å². The molecule has 0 spiro atoms. The topological polar surface area (TPSA) is 78.9 Å². The van der Waals surface area contributed by atoms with Crippen LogP contribution in [0.2, 0.25) is 0 Å². The van der Waals surface area contributed by atoms with Gasteiger partial charge in [-0.3, -0.25) is 4.79 Å². The molecule has 0 saturated carbocycles. The van der Waals surface area contributed by atoms with Crippen LogP contribution in [0.3, 0.4) is 0 Å². The summed E-state index contributed by atoms with van der Waals surface area (Å²) in [5.41, 5.74) is 0.130. The van der Waals surface area contributed by atoms with Gasteiger partial charge in [-0.15, -0.1) is 0 Å². The zero-order chi connectivity index (χ0) is 15.4. The number of carbonyl (C=O) groups is 3. The van der Waals surface area contributed by atoms with Gasteiger partial charge < -0.3 is 14.2 Å². The third-order valence-corrected chi connectivity index (χ3v) is 2.85. The van der Waals surface area contributed by atoms with Crippen LogP contribution in [-0.2, 0) is 23.9 Å². The second-order valence-corrected chi connectivity index (χ2v) is 4.58. The summed E-state index contributed by atoms with van der Waals surface area (Å²) < 4.78 is 14.8. The van der Waals surface area contributed by atoms with Crippen LogP contribution in [0.25, 0.3) is 0 Å². The molecule has 0 amide bonds. The first kappa shape index (κ1) is 14.8. The fourth-order valence-electron chi connectivity index (χ4n) is 1.72. The molecule has 1 fully saturated rings. The van der Waals surface area contributed by atoms with Crippen LogP contribution < -0.4 is 4.74 Å². The number of hydrogen-bond acceptors (Lipinski definition) is 6. The summed E-state index contributed by atoms with van der Waals surface area (Å²) in [5.74, 6) is -2.85. The third kappa shape index (κ3) is 3.47. The van der Waals surface area contributed by atoms with Crippen LogP contribution in [-0.4, -0.2) is 30.6 Å². The van der Waals surface area contributed by atoms with Crippen molar-refractivity contribution in [2.45, 2.75) is 13.0 Å². The maximum absolute atomic E-state index is 12.1. The normalized spacial score (nSPS) is 20.5. The number of carbonyl (C=O) groups excluding carboxylic acids is 3. The Labute approximate surface area is 121 Å². The SMILES string of the molecule is C=C(C)C(=O)OC1C(=O)OCC1C(=O)Oc1ccccc1. The smallest absolute Gasteiger partial charge is 0.348 e. The van der Waals surface area contributed by atoms with Gasteiger partial charge in [0, 0.05) is 5.57 Å². The van der Waals surface area contributed by atoms with Crippen molar-refractivity contribution in [2.24, 2.45) is 5.92 Å². The van der Waals surface area contributed by atoms with Gasteiger partial charge >= 0.3 is 17.9 Å². The third-order valence-electron chi connectivity index (χ3n) is 2.85. The molecule has 2 atom stereocenters. The molecule has 6 nitrogen and oxygen atoms in total. The Kier molecular flexibility index (Phi) is 4.37. The van der Waals surface area contributed by atoms with Crippen molar-refractivity contribution < 1.29 is 28.6 Å². The lowest BCUT2D eigenvalue weighted by molar-refractivity contribution is -0.161. The van der Waals surface area contributed by atoms with Gasteiger partial charge in [0.25, 0.3) is 0 Å². The molecule has 0 aliphatic carbocycles. The van der Waals surface area contributed by atoms with E-state index in [1.165, 1.54) is 6.92 Å². The van der Waals surface area contributed by atoms with E-state index in [4.69, 9.17) is 14.2 Å². The molecule has 0 N–H and O–H groups in total. The molecular weight excluding hydrogens is 276 g/mol. The van der Waals surface area contributed by atoms with Crippen LogP contribution in [0, 0.1) is 5.92 Å². The maximum atomic E-state index is 12.1. The number of para-hydroxylation sites is 1. The first-order chi connectivity index (χ1) is 9.99. The lowest BCUT2D eigenvalue weighted by Gasteiger charge is -2.15. The fraction of sp³-hybridized carbons (Fsp3) is 0.267. The van der Waals surface area contributed by atoms with E-state index >= 15 is 0 Å². The summed E-state index contributed by atoms with van der Waals surface area (Å²) in [7, 11) is 0. The number of esters is 3. The van der Waals surface area contributed by atoms with Crippen LogP contribution >= 0.6 is 0 Å². The van der Waals surface area contributed by atoms with E-state index in [-0.39, 0.29) is 12.2 Å². The van der Waals surface area contributed by atoms with Crippen molar-refractivity contribution in [1.29, 1.82) is 0 Å². The molecule has 2 rings (SSSR count). The fourth-order valence-corrected chi connectivity index (χ4v) is 1.72. The molecule has 6 heteroatoms. The Morgan fingerprint density at radius 1 is 1.29 bits per heavy atom. The molecule has 1 aliphatic rings.